The van der Waals surface area contributed by atoms with Crippen molar-refractivity contribution in [3.8, 4) is 0 Å². The van der Waals surface area contributed by atoms with Crippen molar-refractivity contribution in [1.29, 1.82) is 0 Å². The summed E-state index contributed by atoms with van der Waals surface area (Å²) in [7, 11) is 0. The molecule has 0 saturated carbocycles. The zero-order valence-electron chi connectivity index (χ0n) is 15.0. The maximum atomic E-state index is 12.4. The molecule has 0 aliphatic rings. The molecule has 0 bridgehead atoms. The first-order chi connectivity index (χ1) is 12.1. The van der Waals surface area contributed by atoms with Gasteiger partial charge in [-0.3, -0.25) is 9.59 Å². The molecule has 0 atom stereocenters. The Morgan fingerprint density at radius 3 is 2.36 bits per heavy atom. The molecule has 0 aromatic heterocycles. The van der Waals surface area contributed by atoms with E-state index in [-0.39, 0.29) is 11.8 Å². The molecule has 2 aromatic rings. The van der Waals surface area contributed by atoms with Gasteiger partial charge in [0.1, 0.15) is 0 Å². The monoisotopic (exact) mass is 338 g/mol. The number of rotatable bonds is 8. The first-order valence-corrected chi connectivity index (χ1v) is 8.87. The van der Waals surface area contributed by atoms with Gasteiger partial charge in [-0.2, -0.15) is 0 Å². The van der Waals surface area contributed by atoms with Gasteiger partial charge in [-0.05, 0) is 50.5 Å². The fraction of sp³-hybridized carbons (Fsp3) is 0.333. The summed E-state index contributed by atoms with van der Waals surface area (Å²) in [5.74, 6) is -0.0338. The Kier molecular flexibility index (Phi) is 7.20. The lowest BCUT2D eigenvalue weighted by Crippen LogP contribution is -2.30. The molecule has 0 spiro atoms. The van der Waals surface area contributed by atoms with E-state index < -0.39 is 0 Å². The lowest BCUT2D eigenvalue weighted by Gasteiger charge is -2.19. The Morgan fingerprint density at radius 2 is 1.68 bits per heavy atom. The number of carbonyl (C=O) groups is 2. The summed E-state index contributed by atoms with van der Waals surface area (Å²) in [6, 6.07) is 17.3. The highest BCUT2D eigenvalue weighted by Gasteiger charge is 2.13. The Hall–Kier alpha value is -2.62. The van der Waals surface area contributed by atoms with Crippen molar-refractivity contribution in [3.63, 3.8) is 0 Å². The van der Waals surface area contributed by atoms with Gasteiger partial charge < -0.3 is 10.2 Å². The molecule has 2 amide bonds. The van der Waals surface area contributed by atoms with Gasteiger partial charge >= 0.3 is 0 Å². The van der Waals surface area contributed by atoms with Crippen LogP contribution in [0.1, 0.15) is 42.6 Å². The average Bonchev–Trinajstić information content (AvgIpc) is 2.63. The number of hydrogen-bond donors (Lipinski definition) is 1. The molecule has 4 nitrogen and oxygen atoms in total. The minimum absolute atomic E-state index is 0.00910. The number of amides is 2. The minimum atomic E-state index is -0.0247. The Labute approximate surface area is 149 Å². The van der Waals surface area contributed by atoms with Crippen LogP contribution in [0.3, 0.4) is 0 Å². The SMILES string of the molecule is CCN(CC)C(=O)c1cccc(NC(=O)CCCc2ccccc2)c1. The molecule has 0 heterocycles. The Bertz CT molecular complexity index is 694. The largest absolute Gasteiger partial charge is 0.339 e. The summed E-state index contributed by atoms with van der Waals surface area (Å²) in [4.78, 5) is 26.3. The van der Waals surface area contributed by atoms with E-state index in [0.29, 0.717) is 30.8 Å². The molecule has 0 aliphatic carbocycles. The van der Waals surface area contributed by atoms with E-state index in [1.165, 1.54) is 5.56 Å². The number of benzene rings is 2. The van der Waals surface area contributed by atoms with Crippen LogP contribution in [0.15, 0.2) is 54.6 Å². The molecular weight excluding hydrogens is 312 g/mol. The van der Waals surface area contributed by atoms with Crippen molar-refractivity contribution in [2.75, 3.05) is 18.4 Å². The van der Waals surface area contributed by atoms with Crippen LogP contribution in [0.5, 0.6) is 0 Å². The van der Waals surface area contributed by atoms with Gasteiger partial charge in [-0.25, -0.2) is 0 Å². The van der Waals surface area contributed by atoms with Crippen LogP contribution in [-0.4, -0.2) is 29.8 Å². The van der Waals surface area contributed by atoms with E-state index >= 15 is 0 Å². The van der Waals surface area contributed by atoms with E-state index in [1.54, 1.807) is 23.1 Å². The number of hydrogen-bond acceptors (Lipinski definition) is 2. The summed E-state index contributed by atoms with van der Waals surface area (Å²) in [5.41, 5.74) is 2.51. The van der Waals surface area contributed by atoms with E-state index in [0.717, 1.165) is 12.8 Å². The first-order valence-electron chi connectivity index (χ1n) is 8.87. The van der Waals surface area contributed by atoms with Gasteiger partial charge in [-0.15, -0.1) is 0 Å². The van der Waals surface area contributed by atoms with E-state index in [1.807, 2.05) is 38.1 Å². The zero-order chi connectivity index (χ0) is 18.1. The van der Waals surface area contributed by atoms with Crippen molar-refractivity contribution in [1.82, 2.24) is 4.90 Å². The van der Waals surface area contributed by atoms with Crippen LogP contribution >= 0.6 is 0 Å². The summed E-state index contributed by atoms with van der Waals surface area (Å²) in [6.07, 6.45) is 2.14. The maximum absolute atomic E-state index is 12.4. The third kappa shape index (κ3) is 5.75. The summed E-state index contributed by atoms with van der Waals surface area (Å²) >= 11 is 0. The molecule has 0 aliphatic heterocycles. The predicted molar refractivity (Wildman–Crippen MR) is 102 cm³/mol. The molecule has 4 heteroatoms. The van der Waals surface area contributed by atoms with Crippen molar-refractivity contribution in [3.05, 3.63) is 65.7 Å². The van der Waals surface area contributed by atoms with Crippen LogP contribution in [0.2, 0.25) is 0 Å². The fourth-order valence-electron chi connectivity index (χ4n) is 2.74. The van der Waals surface area contributed by atoms with Gasteiger partial charge in [0.25, 0.3) is 5.91 Å². The highest BCUT2D eigenvalue weighted by molar-refractivity contribution is 5.97. The van der Waals surface area contributed by atoms with E-state index in [9.17, 15) is 9.59 Å². The smallest absolute Gasteiger partial charge is 0.253 e. The second-order valence-corrected chi connectivity index (χ2v) is 5.95. The second kappa shape index (κ2) is 9.62. The third-order valence-electron chi connectivity index (χ3n) is 4.16. The summed E-state index contributed by atoms with van der Waals surface area (Å²) in [5, 5.41) is 2.89. The molecule has 0 saturated heterocycles. The molecule has 0 fully saturated rings. The maximum Gasteiger partial charge on any atom is 0.253 e. The van der Waals surface area contributed by atoms with Crippen molar-refractivity contribution in [2.24, 2.45) is 0 Å². The summed E-state index contributed by atoms with van der Waals surface area (Å²) in [6.45, 7) is 5.26. The lowest BCUT2D eigenvalue weighted by atomic mass is 10.1. The third-order valence-corrected chi connectivity index (χ3v) is 4.16. The minimum Gasteiger partial charge on any atom is -0.339 e. The van der Waals surface area contributed by atoms with Gasteiger partial charge in [0.2, 0.25) is 5.91 Å². The van der Waals surface area contributed by atoms with Crippen molar-refractivity contribution >= 4 is 17.5 Å². The Morgan fingerprint density at radius 1 is 0.960 bits per heavy atom. The van der Waals surface area contributed by atoms with Crippen molar-refractivity contribution in [2.45, 2.75) is 33.1 Å². The van der Waals surface area contributed by atoms with Crippen LogP contribution in [0.25, 0.3) is 0 Å². The average molecular weight is 338 g/mol. The van der Waals surface area contributed by atoms with Crippen molar-refractivity contribution < 1.29 is 9.59 Å². The number of aryl methyl sites for hydroxylation is 1. The van der Waals surface area contributed by atoms with E-state index in [2.05, 4.69) is 17.4 Å². The first kappa shape index (κ1) is 18.7. The highest BCUT2D eigenvalue weighted by atomic mass is 16.2. The van der Waals surface area contributed by atoms with Gasteiger partial charge in [0, 0.05) is 30.8 Å². The predicted octanol–water partition coefficient (Wildman–Crippen LogP) is 4.13. The number of anilines is 1. The number of nitrogens with zero attached hydrogens (tertiary/aromatic N) is 1. The van der Waals surface area contributed by atoms with Gasteiger partial charge in [0.15, 0.2) is 0 Å². The van der Waals surface area contributed by atoms with Crippen LogP contribution in [0, 0.1) is 0 Å². The van der Waals surface area contributed by atoms with E-state index in [4.69, 9.17) is 0 Å². The lowest BCUT2D eigenvalue weighted by molar-refractivity contribution is -0.116. The standard InChI is InChI=1S/C21H26N2O2/c1-3-23(4-2)21(25)18-13-9-14-19(16-18)22-20(24)15-8-12-17-10-6-5-7-11-17/h5-7,9-11,13-14,16H,3-4,8,12,15H2,1-2H3,(H,22,24). The molecule has 0 unspecified atom stereocenters. The Balaban J connectivity index is 1.88. The normalized spacial score (nSPS) is 10.3. The van der Waals surface area contributed by atoms with Crippen LogP contribution in [0.4, 0.5) is 5.69 Å². The molecule has 132 valence electrons. The molecule has 2 rings (SSSR count). The molecule has 25 heavy (non-hydrogen) atoms. The molecule has 2 aromatic carbocycles. The topological polar surface area (TPSA) is 49.4 Å². The van der Waals surface area contributed by atoms with Crippen LogP contribution < -0.4 is 5.32 Å². The highest BCUT2D eigenvalue weighted by Crippen LogP contribution is 2.14. The zero-order valence-corrected chi connectivity index (χ0v) is 15.0. The molecule has 1 N–H and O–H groups in total. The van der Waals surface area contributed by atoms with Gasteiger partial charge in [0.05, 0.1) is 0 Å². The fourth-order valence-corrected chi connectivity index (χ4v) is 2.74. The molecular formula is C21H26N2O2. The quantitative estimate of drug-likeness (QED) is 0.787. The second-order valence-electron chi connectivity index (χ2n) is 5.95. The number of carbonyl (C=O) groups excluding carboxylic acids is 2. The summed E-state index contributed by atoms with van der Waals surface area (Å²) < 4.78 is 0. The molecule has 0 radical (unpaired) electrons. The van der Waals surface area contributed by atoms with Crippen LogP contribution in [-0.2, 0) is 11.2 Å². The number of nitrogens with one attached hydrogen (secondary N) is 1. The van der Waals surface area contributed by atoms with Gasteiger partial charge in [-0.1, -0.05) is 36.4 Å².